The second kappa shape index (κ2) is 5.80. The zero-order valence-corrected chi connectivity index (χ0v) is 13.4. The molecule has 8 heteroatoms. The van der Waals surface area contributed by atoms with Crippen molar-refractivity contribution >= 4 is 24.7 Å². The van der Waals surface area contributed by atoms with Crippen LogP contribution in [0, 0.1) is 6.92 Å². The van der Waals surface area contributed by atoms with Crippen molar-refractivity contribution < 1.29 is 0 Å². The van der Waals surface area contributed by atoms with Gasteiger partial charge in [0.15, 0.2) is 19.3 Å². The SMILES string of the molecule is Bc1cnc2nnn(Cc3cccc(-c4ncc(C)cn4)c3)c2n1. The Labute approximate surface area is 139 Å². The van der Waals surface area contributed by atoms with Crippen molar-refractivity contribution in [2.75, 3.05) is 0 Å². The Kier molecular flexibility index (Phi) is 3.49. The highest BCUT2D eigenvalue weighted by Crippen LogP contribution is 2.17. The summed E-state index contributed by atoms with van der Waals surface area (Å²) >= 11 is 0. The molecule has 0 atom stereocenters. The lowest BCUT2D eigenvalue weighted by Gasteiger charge is -2.05. The van der Waals surface area contributed by atoms with Crippen LogP contribution in [-0.4, -0.2) is 42.8 Å². The molecule has 1 aromatic carbocycles. The van der Waals surface area contributed by atoms with Gasteiger partial charge in [-0.1, -0.05) is 23.4 Å². The van der Waals surface area contributed by atoms with Gasteiger partial charge < -0.3 is 0 Å². The zero-order chi connectivity index (χ0) is 16.5. The Morgan fingerprint density at radius 1 is 1.08 bits per heavy atom. The van der Waals surface area contributed by atoms with Crippen LogP contribution in [0.1, 0.15) is 11.1 Å². The summed E-state index contributed by atoms with van der Waals surface area (Å²) in [7, 11) is 1.90. The molecule has 4 aromatic rings. The molecule has 0 aliphatic heterocycles. The van der Waals surface area contributed by atoms with E-state index in [0.29, 0.717) is 23.7 Å². The van der Waals surface area contributed by atoms with Gasteiger partial charge in [0, 0.05) is 29.7 Å². The summed E-state index contributed by atoms with van der Waals surface area (Å²) in [5.41, 5.74) is 5.17. The summed E-state index contributed by atoms with van der Waals surface area (Å²) in [6, 6.07) is 8.08. The van der Waals surface area contributed by atoms with Crippen molar-refractivity contribution in [2.45, 2.75) is 13.5 Å². The van der Waals surface area contributed by atoms with Crippen molar-refractivity contribution in [2.24, 2.45) is 0 Å². The summed E-state index contributed by atoms with van der Waals surface area (Å²) in [6.45, 7) is 2.54. The van der Waals surface area contributed by atoms with Gasteiger partial charge in [-0.15, -0.1) is 5.10 Å². The van der Waals surface area contributed by atoms with Crippen LogP contribution >= 0.6 is 0 Å². The van der Waals surface area contributed by atoms with Crippen molar-refractivity contribution in [1.29, 1.82) is 0 Å². The third kappa shape index (κ3) is 2.73. The maximum Gasteiger partial charge on any atom is 0.221 e. The van der Waals surface area contributed by atoms with Gasteiger partial charge in [0.25, 0.3) is 0 Å². The van der Waals surface area contributed by atoms with Crippen LogP contribution < -0.4 is 5.59 Å². The molecule has 7 nitrogen and oxygen atoms in total. The highest BCUT2D eigenvalue weighted by Gasteiger charge is 2.09. The number of hydrogen-bond acceptors (Lipinski definition) is 6. The number of aromatic nitrogens is 7. The predicted molar refractivity (Wildman–Crippen MR) is 92.6 cm³/mol. The van der Waals surface area contributed by atoms with Crippen molar-refractivity contribution in [3.8, 4) is 11.4 Å². The third-order valence-corrected chi connectivity index (χ3v) is 3.65. The molecule has 0 radical (unpaired) electrons. The van der Waals surface area contributed by atoms with E-state index in [1.165, 1.54) is 0 Å². The highest BCUT2D eigenvalue weighted by molar-refractivity contribution is 6.30. The highest BCUT2D eigenvalue weighted by atomic mass is 15.4. The van der Waals surface area contributed by atoms with Crippen LogP contribution in [0.25, 0.3) is 22.7 Å². The first-order valence-electron chi connectivity index (χ1n) is 7.60. The Balaban J connectivity index is 1.68. The van der Waals surface area contributed by atoms with E-state index in [-0.39, 0.29) is 0 Å². The van der Waals surface area contributed by atoms with Gasteiger partial charge in [-0.2, -0.15) is 0 Å². The van der Waals surface area contributed by atoms with E-state index in [1.54, 1.807) is 10.9 Å². The topological polar surface area (TPSA) is 82.3 Å². The van der Waals surface area contributed by atoms with Crippen molar-refractivity contribution in [3.05, 3.63) is 54.0 Å². The van der Waals surface area contributed by atoms with E-state index in [1.807, 2.05) is 45.4 Å². The summed E-state index contributed by atoms with van der Waals surface area (Å²) in [5.74, 6) is 0.710. The summed E-state index contributed by atoms with van der Waals surface area (Å²) in [5, 5.41) is 8.22. The molecular formula is C16H14BN7. The van der Waals surface area contributed by atoms with Crippen LogP contribution in [0.4, 0.5) is 0 Å². The molecule has 3 aromatic heterocycles. The van der Waals surface area contributed by atoms with E-state index in [2.05, 4.69) is 36.3 Å². The maximum atomic E-state index is 4.47. The fourth-order valence-electron chi connectivity index (χ4n) is 2.47. The van der Waals surface area contributed by atoms with Gasteiger partial charge in [-0.3, -0.25) is 0 Å². The van der Waals surface area contributed by atoms with Gasteiger partial charge in [0.1, 0.15) is 0 Å². The Morgan fingerprint density at radius 2 is 1.92 bits per heavy atom. The largest absolute Gasteiger partial charge is 0.240 e. The maximum absolute atomic E-state index is 4.47. The van der Waals surface area contributed by atoms with Gasteiger partial charge in [-0.25, -0.2) is 24.6 Å². The van der Waals surface area contributed by atoms with Gasteiger partial charge in [0.2, 0.25) is 5.65 Å². The van der Waals surface area contributed by atoms with Gasteiger partial charge >= 0.3 is 0 Å². The molecule has 3 heterocycles. The van der Waals surface area contributed by atoms with Crippen LogP contribution in [0.2, 0.25) is 0 Å². The second-order valence-corrected chi connectivity index (χ2v) is 5.69. The first-order valence-corrected chi connectivity index (χ1v) is 7.60. The normalized spacial score (nSPS) is 11.0. The third-order valence-electron chi connectivity index (χ3n) is 3.65. The minimum Gasteiger partial charge on any atom is -0.240 e. The minimum absolute atomic E-state index is 0.554. The first kappa shape index (κ1) is 14.4. The second-order valence-electron chi connectivity index (χ2n) is 5.69. The molecular weight excluding hydrogens is 301 g/mol. The van der Waals surface area contributed by atoms with Crippen molar-refractivity contribution in [1.82, 2.24) is 34.9 Å². The van der Waals surface area contributed by atoms with E-state index >= 15 is 0 Å². The Hall–Kier alpha value is -3.16. The zero-order valence-electron chi connectivity index (χ0n) is 13.4. The molecule has 0 saturated carbocycles. The van der Waals surface area contributed by atoms with Crippen LogP contribution in [0.15, 0.2) is 42.9 Å². The van der Waals surface area contributed by atoms with E-state index in [0.717, 1.165) is 22.3 Å². The molecule has 0 aliphatic rings. The standard InChI is InChI=1S/C16H14BN7/c1-10-6-18-14(19-7-10)12-4-2-3-11(5-12)9-24-16-15(22-23-24)20-8-13(17)21-16/h2-8H,9,17H2,1H3. The Morgan fingerprint density at radius 3 is 2.75 bits per heavy atom. The molecule has 0 bridgehead atoms. The van der Waals surface area contributed by atoms with Crippen LogP contribution in [-0.2, 0) is 6.54 Å². The minimum atomic E-state index is 0.554. The molecule has 24 heavy (non-hydrogen) atoms. The summed E-state index contributed by atoms with van der Waals surface area (Å²) in [6.07, 6.45) is 5.33. The van der Waals surface area contributed by atoms with Crippen molar-refractivity contribution in [3.63, 3.8) is 0 Å². The number of rotatable bonds is 3. The fraction of sp³-hybridized carbons (Fsp3) is 0.125. The van der Waals surface area contributed by atoms with Gasteiger partial charge in [-0.05, 0) is 24.1 Å². The molecule has 0 unspecified atom stereocenters. The smallest absolute Gasteiger partial charge is 0.221 e. The quantitative estimate of drug-likeness (QED) is 0.506. The predicted octanol–water partition coefficient (Wildman–Crippen LogP) is 0.293. The monoisotopic (exact) mass is 315 g/mol. The molecule has 0 spiro atoms. The van der Waals surface area contributed by atoms with Gasteiger partial charge in [0.05, 0.1) is 6.54 Å². The summed E-state index contributed by atoms with van der Waals surface area (Å²) in [4.78, 5) is 17.5. The average Bonchev–Trinajstić information content (AvgIpc) is 2.98. The van der Waals surface area contributed by atoms with E-state index < -0.39 is 0 Å². The molecule has 0 fully saturated rings. The first-order chi connectivity index (χ1) is 11.7. The molecule has 0 saturated heterocycles. The van der Waals surface area contributed by atoms with E-state index in [4.69, 9.17) is 0 Å². The number of nitrogens with zero attached hydrogens (tertiary/aromatic N) is 7. The lowest BCUT2D eigenvalue weighted by molar-refractivity contribution is 0.664. The molecule has 0 amide bonds. The van der Waals surface area contributed by atoms with E-state index in [9.17, 15) is 0 Å². The number of aryl methyl sites for hydroxylation is 1. The number of hydrogen-bond donors (Lipinski definition) is 0. The number of fused-ring (bicyclic) bond motifs is 1. The number of benzene rings is 1. The average molecular weight is 315 g/mol. The molecule has 0 aliphatic carbocycles. The molecule has 116 valence electrons. The summed E-state index contributed by atoms with van der Waals surface area (Å²) < 4.78 is 1.75. The lowest BCUT2D eigenvalue weighted by Crippen LogP contribution is -2.11. The molecule has 4 rings (SSSR count). The molecule has 0 N–H and O–H groups in total. The fourth-order valence-corrected chi connectivity index (χ4v) is 2.47. The van der Waals surface area contributed by atoms with Crippen LogP contribution in [0.5, 0.6) is 0 Å². The van der Waals surface area contributed by atoms with Crippen LogP contribution in [0.3, 0.4) is 0 Å². The lowest BCUT2D eigenvalue weighted by atomic mass is 10.1. The Bertz CT molecular complexity index is 1010.